The van der Waals surface area contributed by atoms with Crippen LogP contribution in [-0.2, 0) is 0 Å². The van der Waals surface area contributed by atoms with Gasteiger partial charge in [-0.05, 0) is 50.8 Å². The average Bonchev–Trinajstić information content (AvgIpc) is 2.66. The Hall–Kier alpha value is -2.48. The second-order valence-electron chi connectivity index (χ2n) is 7.67. The lowest BCUT2D eigenvalue weighted by atomic mass is 9.91. The molecular formula is C21H26ClF3N4O. The predicted molar refractivity (Wildman–Crippen MR) is 114 cm³/mol. The molecule has 0 radical (unpaired) electrons. The highest BCUT2D eigenvalue weighted by Crippen LogP contribution is 2.24. The van der Waals surface area contributed by atoms with Crippen LogP contribution in [0.15, 0.2) is 24.3 Å². The number of hydrogen-bond acceptors (Lipinski definition) is 4. The van der Waals surface area contributed by atoms with Gasteiger partial charge in [0.05, 0.1) is 0 Å². The lowest BCUT2D eigenvalue weighted by Gasteiger charge is -2.30. The summed E-state index contributed by atoms with van der Waals surface area (Å²) in [5.41, 5.74) is 1.78. The first-order chi connectivity index (χ1) is 13.7. The molecule has 0 spiro atoms. The van der Waals surface area contributed by atoms with Crippen molar-refractivity contribution in [1.82, 2.24) is 10.3 Å². The SMILES string of the molecule is Cc1cc(N(C)C)cc(NC2CCC(NC(=O)c3cc(F)c(F)c(F)c3)CC2)n1.Cl. The molecule has 1 fully saturated rings. The zero-order chi connectivity index (χ0) is 21.1. The van der Waals surface area contributed by atoms with Gasteiger partial charge in [0, 0.05) is 49.2 Å². The van der Waals surface area contributed by atoms with Gasteiger partial charge in [0.25, 0.3) is 5.91 Å². The second-order valence-corrected chi connectivity index (χ2v) is 7.67. The van der Waals surface area contributed by atoms with E-state index in [0.29, 0.717) is 12.1 Å². The van der Waals surface area contributed by atoms with Crippen LogP contribution in [0.1, 0.15) is 41.7 Å². The van der Waals surface area contributed by atoms with Gasteiger partial charge in [-0.3, -0.25) is 4.79 Å². The summed E-state index contributed by atoms with van der Waals surface area (Å²) in [6, 6.07) is 5.57. The van der Waals surface area contributed by atoms with E-state index in [1.54, 1.807) is 0 Å². The number of aryl methyl sites for hydroxylation is 1. The van der Waals surface area contributed by atoms with Crippen molar-refractivity contribution in [2.24, 2.45) is 0 Å². The van der Waals surface area contributed by atoms with E-state index < -0.39 is 23.4 Å². The summed E-state index contributed by atoms with van der Waals surface area (Å²) in [4.78, 5) is 18.8. The van der Waals surface area contributed by atoms with E-state index in [2.05, 4.69) is 15.6 Å². The molecule has 5 nitrogen and oxygen atoms in total. The molecular weight excluding hydrogens is 417 g/mol. The molecule has 1 saturated carbocycles. The zero-order valence-electron chi connectivity index (χ0n) is 17.1. The number of carbonyl (C=O) groups excluding carboxylic acids is 1. The van der Waals surface area contributed by atoms with E-state index in [0.717, 1.165) is 42.9 Å². The van der Waals surface area contributed by atoms with Crippen LogP contribution in [0.5, 0.6) is 0 Å². The van der Waals surface area contributed by atoms with E-state index in [9.17, 15) is 18.0 Å². The Labute approximate surface area is 180 Å². The van der Waals surface area contributed by atoms with Crippen LogP contribution in [0, 0.1) is 24.4 Å². The summed E-state index contributed by atoms with van der Waals surface area (Å²) >= 11 is 0. The predicted octanol–water partition coefficient (Wildman–Crippen LogP) is 4.45. The lowest BCUT2D eigenvalue weighted by molar-refractivity contribution is 0.0925. The number of nitrogens with one attached hydrogen (secondary N) is 2. The van der Waals surface area contributed by atoms with Crippen LogP contribution in [0.2, 0.25) is 0 Å². The Bertz CT molecular complexity index is 879. The Balaban J connectivity index is 0.00000320. The normalized spacial score (nSPS) is 18.3. The Kier molecular flexibility index (Phi) is 7.95. The van der Waals surface area contributed by atoms with Crippen LogP contribution < -0.4 is 15.5 Å². The first-order valence-electron chi connectivity index (χ1n) is 9.61. The number of aromatic nitrogens is 1. The summed E-state index contributed by atoms with van der Waals surface area (Å²) in [5.74, 6) is -4.10. The van der Waals surface area contributed by atoms with Gasteiger partial charge in [-0.25, -0.2) is 18.2 Å². The van der Waals surface area contributed by atoms with Crippen molar-refractivity contribution in [3.63, 3.8) is 0 Å². The standard InChI is InChI=1S/C21H25F3N4O.ClH/c1-12-8-16(28(2)3)11-19(25-12)26-14-4-6-15(7-5-14)27-21(29)13-9-17(22)20(24)18(23)10-13;/h8-11,14-15H,4-7H2,1-3H3,(H,25,26)(H,27,29);1H. The fourth-order valence-electron chi connectivity index (χ4n) is 3.53. The maximum atomic E-state index is 13.3. The van der Waals surface area contributed by atoms with Gasteiger partial charge in [-0.1, -0.05) is 0 Å². The van der Waals surface area contributed by atoms with Crippen molar-refractivity contribution in [1.29, 1.82) is 0 Å². The summed E-state index contributed by atoms with van der Waals surface area (Å²) in [6.45, 7) is 1.95. The lowest BCUT2D eigenvalue weighted by Crippen LogP contribution is -2.40. The Morgan fingerprint density at radius 2 is 1.57 bits per heavy atom. The van der Waals surface area contributed by atoms with Crippen molar-refractivity contribution in [2.45, 2.75) is 44.7 Å². The molecule has 1 amide bonds. The molecule has 0 aliphatic heterocycles. The van der Waals surface area contributed by atoms with Crippen molar-refractivity contribution in [2.75, 3.05) is 24.3 Å². The van der Waals surface area contributed by atoms with Crippen LogP contribution in [0.3, 0.4) is 0 Å². The molecule has 1 heterocycles. The highest BCUT2D eigenvalue weighted by atomic mass is 35.5. The minimum Gasteiger partial charge on any atom is -0.377 e. The summed E-state index contributed by atoms with van der Waals surface area (Å²) in [6.07, 6.45) is 3.10. The molecule has 0 bridgehead atoms. The molecule has 164 valence electrons. The summed E-state index contributed by atoms with van der Waals surface area (Å²) < 4.78 is 39.7. The zero-order valence-corrected chi connectivity index (χ0v) is 18.0. The molecule has 0 saturated heterocycles. The third-order valence-electron chi connectivity index (χ3n) is 5.11. The first kappa shape index (κ1) is 23.8. The van der Waals surface area contributed by atoms with E-state index in [1.807, 2.05) is 38.1 Å². The molecule has 2 N–H and O–H groups in total. The monoisotopic (exact) mass is 442 g/mol. The molecule has 3 rings (SSSR count). The second kappa shape index (κ2) is 10.0. The van der Waals surface area contributed by atoms with Crippen molar-refractivity contribution < 1.29 is 18.0 Å². The van der Waals surface area contributed by atoms with Gasteiger partial charge in [0.15, 0.2) is 17.5 Å². The number of rotatable bonds is 5. The molecule has 9 heteroatoms. The molecule has 30 heavy (non-hydrogen) atoms. The van der Waals surface area contributed by atoms with E-state index in [4.69, 9.17) is 0 Å². The summed E-state index contributed by atoms with van der Waals surface area (Å²) in [7, 11) is 3.95. The van der Waals surface area contributed by atoms with Crippen LogP contribution in [-0.4, -0.2) is 37.1 Å². The quantitative estimate of drug-likeness (QED) is 0.672. The highest BCUT2D eigenvalue weighted by Gasteiger charge is 2.24. The molecule has 1 aromatic carbocycles. The third-order valence-corrected chi connectivity index (χ3v) is 5.11. The van der Waals surface area contributed by atoms with E-state index in [-0.39, 0.29) is 30.1 Å². The largest absolute Gasteiger partial charge is 0.377 e. The van der Waals surface area contributed by atoms with E-state index in [1.165, 1.54) is 0 Å². The van der Waals surface area contributed by atoms with Gasteiger partial charge in [0.1, 0.15) is 5.82 Å². The highest BCUT2D eigenvalue weighted by molar-refractivity contribution is 5.94. The van der Waals surface area contributed by atoms with Gasteiger partial charge in [-0.2, -0.15) is 0 Å². The topological polar surface area (TPSA) is 57.3 Å². The Morgan fingerprint density at radius 1 is 1.00 bits per heavy atom. The first-order valence-corrected chi connectivity index (χ1v) is 9.61. The maximum Gasteiger partial charge on any atom is 0.251 e. The molecule has 0 atom stereocenters. The number of benzene rings is 1. The summed E-state index contributed by atoms with van der Waals surface area (Å²) in [5, 5.41) is 6.23. The van der Waals surface area contributed by atoms with Crippen molar-refractivity contribution >= 4 is 29.8 Å². The molecule has 1 aliphatic carbocycles. The Morgan fingerprint density at radius 3 is 2.13 bits per heavy atom. The number of amides is 1. The number of nitrogens with zero attached hydrogens (tertiary/aromatic N) is 2. The minimum absolute atomic E-state index is 0. The van der Waals surface area contributed by atoms with Gasteiger partial charge in [0.2, 0.25) is 0 Å². The maximum absolute atomic E-state index is 13.3. The van der Waals surface area contributed by atoms with Crippen molar-refractivity contribution in [3.8, 4) is 0 Å². The number of halogens is 4. The number of pyridine rings is 1. The smallest absolute Gasteiger partial charge is 0.251 e. The van der Waals surface area contributed by atoms with Gasteiger partial charge < -0.3 is 15.5 Å². The fourth-order valence-corrected chi connectivity index (χ4v) is 3.53. The van der Waals surface area contributed by atoms with Gasteiger partial charge >= 0.3 is 0 Å². The molecule has 1 aromatic heterocycles. The van der Waals surface area contributed by atoms with E-state index >= 15 is 0 Å². The molecule has 0 unspecified atom stereocenters. The average molecular weight is 443 g/mol. The molecule has 2 aromatic rings. The number of carbonyl (C=O) groups is 1. The number of hydrogen-bond donors (Lipinski definition) is 2. The van der Waals surface area contributed by atoms with Gasteiger partial charge in [-0.15, -0.1) is 12.4 Å². The third kappa shape index (κ3) is 5.78. The van der Waals surface area contributed by atoms with Crippen molar-refractivity contribution in [3.05, 3.63) is 53.0 Å². The molecule has 1 aliphatic rings. The van der Waals surface area contributed by atoms with Crippen LogP contribution >= 0.6 is 12.4 Å². The van der Waals surface area contributed by atoms with Crippen LogP contribution in [0.25, 0.3) is 0 Å². The fraction of sp³-hybridized carbons (Fsp3) is 0.429. The minimum atomic E-state index is -1.57. The van der Waals surface area contributed by atoms with Crippen LogP contribution in [0.4, 0.5) is 24.7 Å². The number of anilines is 2.